The molecule has 0 amide bonds. The first-order valence-corrected chi connectivity index (χ1v) is 4.05. The molecule has 0 saturated carbocycles. The summed E-state index contributed by atoms with van der Waals surface area (Å²) in [5.74, 6) is -5.47. The van der Waals surface area contributed by atoms with E-state index in [4.69, 9.17) is 0 Å². The Bertz CT molecular complexity index is 219. The summed E-state index contributed by atoms with van der Waals surface area (Å²) in [7, 11) is 0. The Kier molecular flexibility index (Phi) is 15.2. The number of carbonyl (C=O) groups is 4. The molecule has 1 radical (unpaired) electrons. The summed E-state index contributed by atoms with van der Waals surface area (Å²) < 4.78 is 0. The first kappa shape index (κ1) is 20.8. The molecule has 0 aliphatic rings. The van der Waals surface area contributed by atoms with Crippen molar-refractivity contribution < 1.29 is 56.7 Å². The van der Waals surface area contributed by atoms with Gasteiger partial charge < -0.3 is 39.6 Å². The van der Waals surface area contributed by atoms with Crippen molar-refractivity contribution in [2.24, 2.45) is 0 Å². The molecule has 8 nitrogen and oxygen atoms in total. The summed E-state index contributed by atoms with van der Waals surface area (Å²) in [5, 5.41) is 38.0. The summed E-state index contributed by atoms with van der Waals surface area (Å²) in [6, 6.07) is 0. The molecule has 0 bridgehead atoms. The molecule has 0 aromatic carbocycles. The number of hydrogen-bond donors (Lipinski definition) is 0. The maximum atomic E-state index is 9.50. The van der Waals surface area contributed by atoms with Crippen LogP contribution in [0.2, 0.25) is 0 Å². The maximum Gasteiger partial charge on any atom is 0.0418 e. The molecule has 17 heavy (non-hydrogen) atoms. The Balaban J connectivity index is -0.000000218. The van der Waals surface area contributed by atoms with E-state index >= 15 is 0 Å². The van der Waals surface area contributed by atoms with Gasteiger partial charge in [0.15, 0.2) is 0 Å². The molecular weight excluding hydrogens is 288 g/mol. The molecule has 0 unspecified atom stereocenters. The van der Waals surface area contributed by atoms with Crippen molar-refractivity contribution in [2.45, 2.75) is 25.7 Å². The predicted octanol–water partition coefficient (Wildman–Crippen LogP) is -5.47. The zero-order chi connectivity index (χ0) is 13.1. The van der Waals surface area contributed by atoms with Gasteiger partial charge in [-0.3, -0.25) is 0 Å². The number of rotatable bonds is 6. The van der Waals surface area contributed by atoms with Gasteiger partial charge in [0.25, 0.3) is 0 Å². The van der Waals surface area contributed by atoms with Gasteiger partial charge in [0.1, 0.15) is 0 Å². The Morgan fingerprint density at radius 3 is 0.706 bits per heavy atom. The minimum atomic E-state index is -1.37. The zero-order valence-corrected chi connectivity index (χ0v) is 9.34. The molecule has 0 aromatic rings. The van der Waals surface area contributed by atoms with Crippen LogP contribution in [-0.4, -0.2) is 23.9 Å². The van der Waals surface area contributed by atoms with Gasteiger partial charge in [-0.2, -0.15) is 0 Å². The molecule has 0 spiro atoms. The largest absolute Gasteiger partial charge is 0.550 e. The normalized spacial score (nSPS) is 8.00. The fourth-order valence-electron chi connectivity index (χ4n) is 0.408. The third kappa shape index (κ3) is 31.4. The van der Waals surface area contributed by atoms with Crippen LogP contribution in [0.3, 0.4) is 0 Å². The topological polar surface area (TPSA) is 161 Å². The van der Waals surface area contributed by atoms with Gasteiger partial charge in [-0.15, -0.1) is 0 Å². The van der Waals surface area contributed by atoms with Crippen molar-refractivity contribution in [2.75, 3.05) is 0 Å². The van der Waals surface area contributed by atoms with E-state index in [9.17, 15) is 39.6 Å². The van der Waals surface area contributed by atoms with Crippen LogP contribution in [0.15, 0.2) is 0 Å². The van der Waals surface area contributed by atoms with Crippen LogP contribution in [0, 0.1) is 0 Å². The van der Waals surface area contributed by atoms with Crippen molar-refractivity contribution in [3.05, 3.63) is 0 Å². The van der Waals surface area contributed by atoms with E-state index in [1.54, 1.807) is 0 Å². The molecule has 0 rings (SSSR count). The fourth-order valence-corrected chi connectivity index (χ4v) is 0.408. The second kappa shape index (κ2) is 12.5. The summed E-state index contributed by atoms with van der Waals surface area (Å²) in [4.78, 5) is 38.0. The number of carboxylic acids is 4. The number of carboxylic acid groups (broad SMARTS) is 4. The minimum Gasteiger partial charge on any atom is -0.550 e. The first-order valence-electron chi connectivity index (χ1n) is 4.05. The van der Waals surface area contributed by atoms with E-state index in [-0.39, 0.29) is 17.1 Å². The van der Waals surface area contributed by atoms with Crippen LogP contribution in [0.1, 0.15) is 25.7 Å². The van der Waals surface area contributed by atoms with Crippen LogP contribution >= 0.6 is 0 Å². The Labute approximate surface area is 107 Å². The summed E-state index contributed by atoms with van der Waals surface area (Å²) in [5.41, 5.74) is 0. The van der Waals surface area contributed by atoms with Crippen LogP contribution in [0.4, 0.5) is 0 Å². The summed E-state index contributed by atoms with van der Waals surface area (Å²) in [6.07, 6.45) is -1.88. The molecule has 0 atom stereocenters. The van der Waals surface area contributed by atoms with Gasteiger partial charge in [-0.05, 0) is 25.7 Å². The minimum absolute atomic E-state index is 0. The van der Waals surface area contributed by atoms with Gasteiger partial charge in [0, 0.05) is 40.9 Å². The second-order valence-electron chi connectivity index (χ2n) is 2.49. The molecule has 0 saturated heterocycles. The average molecular weight is 296 g/mol. The SMILES string of the molecule is O=C([O-])CCC(=O)[O-].O=C([O-])CCC(=O)[O-].[Cu]. The predicted molar refractivity (Wildman–Crippen MR) is 38.5 cm³/mol. The maximum absolute atomic E-state index is 9.50. The van der Waals surface area contributed by atoms with Crippen molar-refractivity contribution in [1.82, 2.24) is 0 Å². The van der Waals surface area contributed by atoms with E-state index in [1.165, 1.54) is 0 Å². The molecule has 0 fully saturated rings. The molecule has 9 heteroatoms. The van der Waals surface area contributed by atoms with E-state index in [0.29, 0.717) is 0 Å². The van der Waals surface area contributed by atoms with E-state index in [0.717, 1.165) is 0 Å². The Morgan fingerprint density at radius 1 is 0.529 bits per heavy atom. The van der Waals surface area contributed by atoms with Crippen molar-refractivity contribution in [1.29, 1.82) is 0 Å². The molecule has 0 N–H and O–H groups in total. The Morgan fingerprint density at radius 2 is 0.647 bits per heavy atom. The molecule has 0 aliphatic heterocycles. The van der Waals surface area contributed by atoms with Crippen molar-refractivity contribution in [3.63, 3.8) is 0 Å². The molecule has 0 aromatic heterocycles. The third-order valence-corrected chi connectivity index (χ3v) is 1.07. The quantitative estimate of drug-likeness (QED) is 0.438. The molecular formula is C8H8CuO8-4. The number of aliphatic carboxylic acids is 4. The van der Waals surface area contributed by atoms with Crippen LogP contribution in [-0.2, 0) is 36.2 Å². The first-order chi connectivity index (χ1) is 7.25. The number of carbonyl (C=O) groups excluding carboxylic acids is 4. The monoisotopic (exact) mass is 295 g/mol. The summed E-state index contributed by atoms with van der Waals surface area (Å²) in [6.45, 7) is 0. The molecule has 0 aliphatic carbocycles. The smallest absolute Gasteiger partial charge is 0.0418 e. The van der Waals surface area contributed by atoms with Crippen LogP contribution in [0.5, 0.6) is 0 Å². The van der Waals surface area contributed by atoms with Crippen molar-refractivity contribution in [3.8, 4) is 0 Å². The second-order valence-corrected chi connectivity index (χ2v) is 2.49. The van der Waals surface area contributed by atoms with E-state index < -0.39 is 49.6 Å². The Hall–Kier alpha value is -1.60. The van der Waals surface area contributed by atoms with Gasteiger partial charge in [0.2, 0.25) is 0 Å². The van der Waals surface area contributed by atoms with E-state index in [1.807, 2.05) is 0 Å². The van der Waals surface area contributed by atoms with Gasteiger partial charge in [0.05, 0.1) is 0 Å². The molecule has 0 heterocycles. The van der Waals surface area contributed by atoms with Gasteiger partial charge in [-0.1, -0.05) is 0 Å². The van der Waals surface area contributed by atoms with Gasteiger partial charge in [-0.25, -0.2) is 0 Å². The number of hydrogen-bond acceptors (Lipinski definition) is 8. The average Bonchev–Trinajstić information content (AvgIpc) is 2.12. The van der Waals surface area contributed by atoms with Crippen molar-refractivity contribution >= 4 is 23.9 Å². The third-order valence-electron chi connectivity index (χ3n) is 1.07. The van der Waals surface area contributed by atoms with Gasteiger partial charge >= 0.3 is 0 Å². The standard InChI is InChI=1S/2C4H6O4.Cu/c2*5-3(6)1-2-4(7)8;/h2*1-2H2,(H,5,6)(H,7,8);/p-4. The molecule has 103 valence electrons. The fraction of sp³-hybridized carbons (Fsp3) is 0.500. The van der Waals surface area contributed by atoms with Crippen LogP contribution < -0.4 is 20.4 Å². The summed E-state index contributed by atoms with van der Waals surface area (Å²) >= 11 is 0. The van der Waals surface area contributed by atoms with Crippen LogP contribution in [0.25, 0.3) is 0 Å². The van der Waals surface area contributed by atoms with E-state index in [2.05, 4.69) is 0 Å². The zero-order valence-electron chi connectivity index (χ0n) is 8.40.